The van der Waals surface area contributed by atoms with Crippen LogP contribution in [0.1, 0.15) is 41.3 Å². The molecule has 1 N–H and O–H groups in total. The van der Waals surface area contributed by atoms with E-state index >= 15 is 0 Å². The van der Waals surface area contributed by atoms with Crippen molar-refractivity contribution >= 4 is 11.6 Å². The van der Waals surface area contributed by atoms with Gasteiger partial charge in [-0.1, -0.05) is 60.7 Å². The van der Waals surface area contributed by atoms with Crippen LogP contribution in [0.5, 0.6) is 0 Å². The summed E-state index contributed by atoms with van der Waals surface area (Å²) >= 11 is 0. The maximum Gasteiger partial charge on any atom is 0.166 e. The number of Topliss-reactive ketones (excluding diaryl/α,β-unsaturated/α-hetero) is 2. The molecule has 3 heteroatoms. The Bertz CT molecular complexity index is 679. The quantitative estimate of drug-likeness (QED) is 0.878. The Morgan fingerprint density at radius 1 is 0.957 bits per heavy atom. The molecule has 3 nitrogen and oxygen atoms in total. The molecule has 0 bridgehead atoms. The Kier molecular flexibility index (Phi) is 4.68. The first-order chi connectivity index (χ1) is 11.2. The molecule has 0 aliphatic heterocycles. The Labute approximate surface area is 136 Å². The van der Waals surface area contributed by atoms with E-state index in [0.717, 1.165) is 5.56 Å². The Morgan fingerprint density at radius 2 is 1.57 bits per heavy atom. The molecule has 2 aromatic carbocycles. The van der Waals surface area contributed by atoms with Crippen LogP contribution in [0, 0.1) is 11.8 Å². The van der Waals surface area contributed by atoms with E-state index in [9.17, 15) is 14.7 Å². The number of aliphatic hydroxyl groups excluding tert-OH is 1. The van der Waals surface area contributed by atoms with Crippen molar-refractivity contribution in [3.8, 4) is 0 Å². The van der Waals surface area contributed by atoms with Crippen molar-refractivity contribution in [2.45, 2.75) is 25.4 Å². The number of benzene rings is 2. The summed E-state index contributed by atoms with van der Waals surface area (Å²) in [6.45, 7) is 0. The van der Waals surface area contributed by atoms with E-state index in [1.54, 1.807) is 12.1 Å². The molecule has 0 aromatic heterocycles. The lowest BCUT2D eigenvalue weighted by molar-refractivity contribution is -0.129. The number of carbonyl (C=O) groups excluding carboxylic acids is 2. The number of ketones is 2. The number of hydrogen-bond donors (Lipinski definition) is 1. The maximum atomic E-state index is 12.5. The van der Waals surface area contributed by atoms with Crippen LogP contribution in [0.4, 0.5) is 0 Å². The molecular formula is C20H20O3. The van der Waals surface area contributed by atoms with E-state index in [0.29, 0.717) is 18.4 Å². The Morgan fingerprint density at radius 3 is 2.17 bits per heavy atom. The molecule has 0 spiro atoms. The fourth-order valence-corrected chi connectivity index (χ4v) is 3.32. The van der Waals surface area contributed by atoms with Crippen LogP contribution in [0.25, 0.3) is 0 Å². The summed E-state index contributed by atoms with van der Waals surface area (Å²) in [5, 5.41) is 10.5. The zero-order chi connectivity index (χ0) is 16.2. The Balaban J connectivity index is 1.68. The van der Waals surface area contributed by atoms with Crippen molar-refractivity contribution in [3.63, 3.8) is 0 Å². The van der Waals surface area contributed by atoms with Gasteiger partial charge in [0.15, 0.2) is 5.78 Å². The third kappa shape index (κ3) is 3.40. The van der Waals surface area contributed by atoms with Crippen molar-refractivity contribution < 1.29 is 14.7 Å². The highest BCUT2D eigenvalue weighted by atomic mass is 16.3. The highest BCUT2D eigenvalue weighted by Crippen LogP contribution is 2.35. The van der Waals surface area contributed by atoms with Gasteiger partial charge in [-0.3, -0.25) is 9.59 Å². The molecule has 3 unspecified atom stereocenters. The van der Waals surface area contributed by atoms with Crippen molar-refractivity contribution in [1.82, 2.24) is 0 Å². The van der Waals surface area contributed by atoms with Gasteiger partial charge in [-0.2, -0.15) is 0 Å². The molecule has 1 aliphatic rings. The smallest absolute Gasteiger partial charge is 0.166 e. The minimum Gasteiger partial charge on any atom is -0.388 e. The van der Waals surface area contributed by atoms with Gasteiger partial charge in [0.2, 0.25) is 0 Å². The second-order valence-electron chi connectivity index (χ2n) is 6.14. The SMILES string of the molecule is O=C(c1ccccc1)C1CCC(C(O)c2ccccc2)C(=O)C1. The fourth-order valence-electron chi connectivity index (χ4n) is 3.32. The summed E-state index contributed by atoms with van der Waals surface area (Å²) < 4.78 is 0. The molecular weight excluding hydrogens is 288 g/mol. The van der Waals surface area contributed by atoms with Gasteiger partial charge in [-0.15, -0.1) is 0 Å². The van der Waals surface area contributed by atoms with E-state index in [1.807, 2.05) is 48.5 Å². The van der Waals surface area contributed by atoms with Crippen LogP contribution < -0.4 is 0 Å². The van der Waals surface area contributed by atoms with E-state index in [2.05, 4.69) is 0 Å². The van der Waals surface area contributed by atoms with Crippen LogP contribution in [0.3, 0.4) is 0 Å². The van der Waals surface area contributed by atoms with Gasteiger partial charge < -0.3 is 5.11 Å². The summed E-state index contributed by atoms with van der Waals surface area (Å²) in [6.07, 6.45) is 0.644. The molecule has 0 saturated heterocycles. The van der Waals surface area contributed by atoms with Gasteiger partial charge in [0.25, 0.3) is 0 Å². The van der Waals surface area contributed by atoms with E-state index in [1.165, 1.54) is 0 Å². The molecule has 1 fully saturated rings. The molecule has 0 radical (unpaired) electrons. The molecule has 118 valence electrons. The molecule has 3 atom stereocenters. The minimum atomic E-state index is -0.781. The van der Waals surface area contributed by atoms with Crippen LogP contribution >= 0.6 is 0 Å². The van der Waals surface area contributed by atoms with Crippen LogP contribution in [0.15, 0.2) is 60.7 Å². The second kappa shape index (κ2) is 6.88. The van der Waals surface area contributed by atoms with Gasteiger partial charge in [0, 0.05) is 23.8 Å². The van der Waals surface area contributed by atoms with E-state index in [4.69, 9.17) is 0 Å². The maximum absolute atomic E-state index is 12.5. The van der Waals surface area contributed by atoms with Gasteiger partial charge in [0.05, 0.1) is 6.10 Å². The topological polar surface area (TPSA) is 54.4 Å². The largest absolute Gasteiger partial charge is 0.388 e. The third-order valence-corrected chi connectivity index (χ3v) is 4.64. The zero-order valence-electron chi connectivity index (χ0n) is 12.9. The molecule has 1 saturated carbocycles. The van der Waals surface area contributed by atoms with Gasteiger partial charge in [-0.25, -0.2) is 0 Å². The highest BCUT2D eigenvalue weighted by molar-refractivity contribution is 6.00. The number of rotatable bonds is 4. The second-order valence-corrected chi connectivity index (χ2v) is 6.14. The van der Waals surface area contributed by atoms with Crippen molar-refractivity contribution in [3.05, 3.63) is 71.8 Å². The first-order valence-corrected chi connectivity index (χ1v) is 8.02. The summed E-state index contributed by atoms with van der Waals surface area (Å²) in [5.41, 5.74) is 1.42. The predicted octanol–water partition coefficient (Wildman–Crippen LogP) is 3.59. The van der Waals surface area contributed by atoms with Gasteiger partial charge >= 0.3 is 0 Å². The lowest BCUT2D eigenvalue weighted by Crippen LogP contribution is -2.32. The third-order valence-electron chi connectivity index (χ3n) is 4.64. The van der Waals surface area contributed by atoms with Crippen molar-refractivity contribution in [2.75, 3.05) is 0 Å². The average molecular weight is 308 g/mol. The number of hydrogen-bond acceptors (Lipinski definition) is 3. The average Bonchev–Trinajstić information content (AvgIpc) is 2.62. The molecule has 1 aliphatic carbocycles. The monoisotopic (exact) mass is 308 g/mol. The number of carbonyl (C=O) groups is 2. The lowest BCUT2D eigenvalue weighted by Gasteiger charge is -2.30. The molecule has 2 aromatic rings. The first kappa shape index (κ1) is 15.6. The highest BCUT2D eigenvalue weighted by Gasteiger charge is 2.36. The lowest BCUT2D eigenvalue weighted by atomic mass is 9.74. The van der Waals surface area contributed by atoms with E-state index in [-0.39, 0.29) is 23.9 Å². The summed E-state index contributed by atoms with van der Waals surface area (Å²) in [5.74, 6) is -0.644. The number of aliphatic hydroxyl groups is 1. The van der Waals surface area contributed by atoms with Crippen molar-refractivity contribution in [2.24, 2.45) is 11.8 Å². The molecule has 23 heavy (non-hydrogen) atoms. The predicted molar refractivity (Wildman–Crippen MR) is 88.0 cm³/mol. The van der Waals surface area contributed by atoms with Crippen molar-refractivity contribution in [1.29, 1.82) is 0 Å². The standard InChI is InChI=1S/C20H20O3/c21-18-13-16(19(22)14-7-3-1-4-8-14)11-12-17(18)20(23)15-9-5-2-6-10-15/h1-10,16-17,20,23H,11-13H2. The van der Waals surface area contributed by atoms with Gasteiger partial charge in [-0.05, 0) is 18.4 Å². The van der Waals surface area contributed by atoms with Crippen LogP contribution in [-0.2, 0) is 4.79 Å². The molecule has 0 amide bonds. The summed E-state index contributed by atoms with van der Waals surface area (Å²) in [4.78, 5) is 24.9. The normalized spacial score (nSPS) is 22.6. The first-order valence-electron chi connectivity index (χ1n) is 8.02. The zero-order valence-corrected chi connectivity index (χ0v) is 12.9. The molecule has 3 rings (SSSR count). The summed E-state index contributed by atoms with van der Waals surface area (Å²) in [6, 6.07) is 18.4. The van der Waals surface area contributed by atoms with E-state index < -0.39 is 12.0 Å². The summed E-state index contributed by atoms with van der Waals surface area (Å²) in [7, 11) is 0. The van der Waals surface area contributed by atoms with Gasteiger partial charge in [0.1, 0.15) is 5.78 Å². The van der Waals surface area contributed by atoms with Crippen LogP contribution in [0.2, 0.25) is 0 Å². The Hall–Kier alpha value is -2.26. The fraction of sp³-hybridized carbons (Fsp3) is 0.300. The van der Waals surface area contributed by atoms with Crippen LogP contribution in [-0.4, -0.2) is 16.7 Å². The minimum absolute atomic E-state index is 0.0121. The molecule has 0 heterocycles.